The van der Waals surface area contributed by atoms with Crippen LogP contribution in [-0.2, 0) is 0 Å². The Morgan fingerprint density at radius 3 is 2.39 bits per heavy atom. The lowest BCUT2D eigenvalue weighted by molar-refractivity contribution is 0.298. The van der Waals surface area contributed by atoms with Crippen LogP contribution in [0.25, 0.3) is 11.1 Å². The Labute approximate surface area is 178 Å². The van der Waals surface area contributed by atoms with Crippen molar-refractivity contribution in [2.45, 2.75) is 77.0 Å². The summed E-state index contributed by atoms with van der Waals surface area (Å²) in [5.41, 5.74) is 2.43. The van der Waals surface area contributed by atoms with Crippen molar-refractivity contribution in [3.8, 4) is 11.1 Å². The third kappa shape index (κ3) is 5.70. The highest BCUT2D eigenvalue weighted by molar-refractivity contribution is 6.41. The summed E-state index contributed by atoms with van der Waals surface area (Å²) in [6.45, 7) is 2.26. The fourth-order valence-corrected chi connectivity index (χ4v) is 4.69. The highest BCUT2D eigenvalue weighted by Gasteiger charge is 2.24. The summed E-state index contributed by atoms with van der Waals surface area (Å²) >= 11 is 11.9. The van der Waals surface area contributed by atoms with Crippen LogP contribution < -0.4 is 0 Å². The van der Waals surface area contributed by atoms with Gasteiger partial charge in [-0.25, -0.2) is 9.37 Å². The highest BCUT2D eigenvalue weighted by atomic mass is 35.5. The van der Waals surface area contributed by atoms with Crippen molar-refractivity contribution in [3.63, 3.8) is 0 Å². The lowest BCUT2D eigenvalue weighted by Crippen LogP contribution is -2.14. The lowest BCUT2D eigenvalue weighted by Gasteiger charge is -2.29. The number of aromatic nitrogens is 1. The number of halogens is 3. The molecule has 1 aliphatic rings. The van der Waals surface area contributed by atoms with Crippen molar-refractivity contribution in [3.05, 3.63) is 52.0 Å². The predicted molar refractivity (Wildman–Crippen MR) is 118 cm³/mol. The summed E-state index contributed by atoms with van der Waals surface area (Å²) in [4.78, 5) is 4.06. The summed E-state index contributed by atoms with van der Waals surface area (Å²) in [5.74, 6) is 1.06. The third-order valence-corrected chi connectivity index (χ3v) is 6.82. The van der Waals surface area contributed by atoms with Crippen LogP contribution in [0.3, 0.4) is 0 Å². The SMILES string of the molecule is CCCCCCCC1CCC(c2ccc(-c3cnc(Cl)c(Cl)c3)cc2F)CC1. The normalized spacial score (nSPS) is 19.7. The zero-order chi connectivity index (χ0) is 19.9. The second-order valence-electron chi connectivity index (χ2n) is 8.15. The van der Waals surface area contributed by atoms with Crippen LogP contribution in [0.5, 0.6) is 0 Å². The Morgan fingerprint density at radius 1 is 0.964 bits per heavy atom. The first-order valence-corrected chi connectivity index (χ1v) is 11.4. The van der Waals surface area contributed by atoms with E-state index in [2.05, 4.69) is 11.9 Å². The first kappa shape index (κ1) is 21.6. The van der Waals surface area contributed by atoms with E-state index in [4.69, 9.17) is 23.2 Å². The van der Waals surface area contributed by atoms with Gasteiger partial charge in [0.25, 0.3) is 0 Å². The maximum atomic E-state index is 14.8. The lowest BCUT2D eigenvalue weighted by atomic mass is 9.76. The number of pyridine rings is 1. The van der Waals surface area contributed by atoms with E-state index < -0.39 is 0 Å². The minimum Gasteiger partial charge on any atom is -0.242 e. The van der Waals surface area contributed by atoms with Crippen LogP contribution in [0.4, 0.5) is 4.39 Å². The van der Waals surface area contributed by atoms with Gasteiger partial charge >= 0.3 is 0 Å². The molecule has 1 heterocycles. The van der Waals surface area contributed by atoms with Crippen molar-refractivity contribution in [1.82, 2.24) is 4.98 Å². The summed E-state index contributed by atoms with van der Waals surface area (Å²) < 4.78 is 14.8. The third-order valence-electron chi connectivity index (χ3n) is 6.13. The molecule has 1 saturated carbocycles. The average Bonchev–Trinajstić information content (AvgIpc) is 2.70. The van der Waals surface area contributed by atoms with Gasteiger partial charge in [-0.3, -0.25) is 0 Å². The van der Waals surface area contributed by atoms with Gasteiger partial charge in [-0.2, -0.15) is 0 Å². The summed E-state index contributed by atoms with van der Waals surface area (Å²) in [5, 5.41) is 0.654. The van der Waals surface area contributed by atoms with E-state index in [0.29, 0.717) is 10.9 Å². The van der Waals surface area contributed by atoms with Crippen LogP contribution in [0.1, 0.15) is 82.6 Å². The zero-order valence-corrected chi connectivity index (χ0v) is 18.2. The quantitative estimate of drug-likeness (QED) is 0.306. The molecule has 1 aliphatic carbocycles. The number of unbranched alkanes of at least 4 members (excludes halogenated alkanes) is 4. The van der Waals surface area contributed by atoms with Crippen molar-refractivity contribution < 1.29 is 4.39 Å². The number of hydrogen-bond donors (Lipinski definition) is 0. The van der Waals surface area contributed by atoms with Crippen molar-refractivity contribution in [2.75, 3.05) is 0 Å². The van der Waals surface area contributed by atoms with Gasteiger partial charge in [-0.15, -0.1) is 0 Å². The van der Waals surface area contributed by atoms with Gasteiger partial charge < -0.3 is 0 Å². The molecule has 0 saturated heterocycles. The highest BCUT2D eigenvalue weighted by Crippen LogP contribution is 2.39. The number of rotatable bonds is 8. The molecule has 0 aliphatic heterocycles. The van der Waals surface area contributed by atoms with Gasteiger partial charge in [0.2, 0.25) is 0 Å². The van der Waals surface area contributed by atoms with E-state index in [-0.39, 0.29) is 11.0 Å². The molecule has 4 heteroatoms. The van der Waals surface area contributed by atoms with Crippen molar-refractivity contribution >= 4 is 23.2 Å². The van der Waals surface area contributed by atoms with Gasteiger partial charge in [-0.1, -0.05) is 80.8 Å². The molecule has 1 fully saturated rings. The molecule has 2 aromatic rings. The second-order valence-corrected chi connectivity index (χ2v) is 8.92. The maximum absolute atomic E-state index is 14.8. The molecule has 152 valence electrons. The monoisotopic (exact) mass is 421 g/mol. The number of nitrogens with zero attached hydrogens (tertiary/aromatic N) is 1. The van der Waals surface area contributed by atoms with Crippen LogP contribution >= 0.6 is 23.2 Å². The smallest absolute Gasteiger partial charge is 0.147 e. The maximum Gasteiger partial charge on any atom is 0.147 e. The average molecular weight is 422 g/mol. The Morgan fingerprint density at radius 2 is 1.71 bits per heavy atom. The number of hydrogen-bond acceptors (Lipinski definition) is 1. The molecule has 0 N–H and O–H groups in total. The van der Waals surface area contributed by atoms with Crippen LogP contribution in [0.2, 0.25) is 10.2 Å². The Kier molecular flexibility index (Phi) is 8.17. The standard InChI is InChI=1S/C24H30Cl2FN/c1-2-3-4-5-6-7-17-8-10-18(11-9-17)21-13-12-19(15-23(21)27)20-14-22(25)24(26)28-16-20/h12-18H,2-11H2,1H3. The minimum absolute atomic E-state index is 0.119. The van der Waals surface area contributed by atoms with Crippen LogP contribution in [0, 0.1) is 11.7 Å². The van der Waals surface area contributed by atoms with Crippen molar-refractivity contribution in [2.24, 2.45) is 5.92 Å². The minimum atomic E-state index is -0.119. The topological polar surface area (TPSA) is 12.9 Å². The Bertz CT molecular complexity index is 769. The van der Waals surface area contributed by atoms with Gasteiger partial charge in [0.05, 0.1) is 5.02 Å². The molecule has 1 aromatic heterocycles. The van der Waals surface area contributed by atoms with Crippen molar-refractivity contribution in [1.29, 1.82) is 0 Å². The van der Waals surface area contributed by atoms with Gasteiger partial charge in [-0.05, 0) is 60.8 Å². The largest absolute Gasteiger partial charge is 0.242 e. The fourth-order valence-electron chi connectivity index (χ4n) is 4.42. The molecule has 0 atom stereocenters. The van der Waals surface area contributed by atoms with E-state index in [1.165, 1.54) is 51.4 Å². The van der Waals surface area contributed by atoms with E-state index in [1.54, 1.807) is 18.3 Å². The van der Waals surface area contributed by atoms with E-state index in [9.17, 15) is 4.39 Å². The van der Waals surface area contributed by atoms with Gasteiger partial charge in [0.15, 0.2) is 0 Å². The second kappa shape index (κ2) is 10.6. The molecule has 28 heavy (non-hydrogen) atoms. The molecule has 1 aromatic carbocycles. The van der Waals surface area contributed by atoms with E-state index in [1.807, 2.05) is 12.1 Å². The molecule has 0 bridgehead atoms. The van der Waals surface area contributed by atoms with Gasteiger partial charge in [0, 0.05) is 11.8 Å². The molecule has 3 rings (SSSR count). The fraction of sp³-hybridized carbons (Fsp3) is 0.542. The molecule has 0 radical (unpaired) electrons. The van der Waals surface area contributed by atoms with E-state index >= 15 is 0 Å². The summed E-state index contributed by atoms with van der Waals surface area (Å²) in [6.07, 6.45) is 14.4. The summed E-state index contributed by atoms with van der Waals surface area (Å²) in [7, 11) is 0. The molecular weight excluding hydrogens is 392 g/mol. The first-order chi connectivity index (χ1) is 13.6. The molecule has 0 unspecified atom stereocenters. The molecule has 1 nitrogen and oxygen atoms in total. The van der Waals surface area contributed by atoms with Gasteiger partial charge in [0.1, 0.15) is 11.0 Å². The first-order valence-electron chi connectivity index (χ1n) is 10.7. The predicted octanol–water partition coefficient (Wildman–Crippen LogP) is 8.83. The summed E-state index contributed by atoms with van der Waals surface area (Å²) in [6, 6.07) is 7.26. The van der Waals surface area contributed by atoms with Crippen LogP contribution in [0.15, 0.2) is 30.5 Å². The van der Waals surface area contributed by atoms with Crippen LogP contribution in [-0.4, -0.2) is 4.98 Å². The zero-order valence-electron chi connectivity index (χ0n) is 16.7. The Balaban J connectivity index is 1.56. The number of benzene rings is 1. The van der Waals surface area contributed by atoms with E-state index in [0.717, 1.165) is 35.4 Å². The molecular formula is C24H30Cl2FN. The molecule has 0 amide bonds. The Hall–Kier alpha value is -1.12. The molecule has 0 spiro atoms.